The number of aromatic amines is 1. The van der Waals surface area contributed by atoms with Crippen molar-refractivity contribution in [1.29, 1.82) is 0 Å². The predicted molar refractivity (Wildman–Crippen MR) is 62.6 cm³/mol. The summed E-state index contributed by atoms with van der Waals surface area (Å²) < 4.78 is 0. The van der Waals surface area contributed by atoms with Crippen molar-refractivity contribution in [1.82, 2.24) is 9.97 Å². The molecule has 0 spiro atoms. The van der Waals surface area contributed by atoms with E-state index in [4.69, 9.17) is 0 Å². The Hall–Kier alpha value is -1.75. The highest BCUT2D eigenvalue weighted by Crippen LogP contribution is 2.22. The number of pyridine rings is 1. The minimum atomic E-state index is -0.124. The van der Waals surface area contributed by atoms with Gasteiger partial charge in [-0.15, -0.1) is 11.3 Å². The molecule has 0 aliphatic rings. The molecule has 1 N–H and O–H groups in total. The summed E-state index contributed by atoms with van der Waals surface area (Å²) in [6, 6.07) is 3.21. The summed E-state index contributed by atoms with van der Waals surface area (Å²) in [5, 5.41) is 2.79. The molecule has 0 amide bonds. The normalized spacial score (nSPS) is 10.2. The van der Waals surface area contributed by atoms with E-state index in [2.05, 4.69) is 9.97 Å². The molecule has 82 valence electrons. The van der Waals surface area contributed by atoms with Crippen LogP contribution in [-0.4, -0.2) is 16.3 Å². The summed E-state index contributed by atoms with van der Waals surface area (Å²) in [6.45, 7) is 0. The van der Waals surface area contributed by atoms with Gasteiger partial charge < -0.3 is 9.78 Å². The molecule has 5 heteroatoms. The smallest absolute Gasteiger partial charge is 0.247 e. The van der Waals surface area contributed by atoms with E-state index < -0.39 is 0 Å². The van der Waals surface area contributed by atoms with Gasteiger partial charge in [0, 0.05) is 29.6 Å². The third-order valence-electron chi connectivity index (χ3n) is 2.10. The van der Waals surface area contributed by atoms with Gasteiger partial charge >= 0.3 is 0 Å². The molecular weight excluding hydrogens is 224 g/mol. The van der Waals surface area contributed by atoms with Gasteiger partial charge in [-0.1, -0.05) is 0 Å². The molecule has 0 unspecified atom stereocenters. The summed E-state index contributed by atoms with van der Waals surface area (Å²) in [7, 11) is 0. The average Bonchev–Trinajstić information content (AvgIpc) is 2.76. The number of aryl methyl sites for hydroxylation is 1. The summed E-state index contributed by atoms with van der Waals surface area (Å²) in [5.74, 6) is 0. The summed E-state index contributed by atoms with van der Waals surface area (Å²) in [5.41, 5.74) is 1.68. The van der Waals surface area contributed by atoms with Gasteiger partial charge in [0.15, 0.2) is 0 Å². The third kappa shape index (κ3) is 2.43. The summed E-state index contributed by atoms with van der Waals surface area (Å²) >= 11 is 1.51. The molecule has 2 heterocycles. The highest BCUT2D eigenvalue weighted by Gasteiger charge is 2.04. The number of nitrogens with one attached hydrogen (secondary N) is 1. The van der Waals surface area contributed by atoms with Crippen LogP contribution in [0.1, 0.15) is 12.1 Å². The van der Waals surface area contributed by atoms with E-state index in [1.54, 1.807) is 12.3 Å². The number of rotatable bonds is 4. The Morgan fingerprint density at radius 1 is 1.44 bits per heavy atom. The Bertz CT molecular complexity index is 524. The lowest BCUT2D eigenvalue weighted by atomic mass is 10.2. The zero-order valence-corrected chi connectivity index (χ0v) is 9.29. The van der Waals surface area contributed by atoms with Crippen LogP contribution in [0.25, 0.3) is 10.6 Å². The molecular formula is C11H10N2O2S. The van der Waals surface area contributed by atoms with Crippen LogP contribution in [0.4, 0.5) is 0 Å². The molecule has 2 aromatic heterocycles. The van der Waals surface area contributed by atoms with Crippen molar-refractivity contribution in [2.45, 2.75) is 12.8 Å². The topological polar surface area (TPSA) is 62.8 Å². The van der Waals surface area contributed by atoms with E-state index in [9.17, 15) is 9.59 Å². The van der Waals surface area contributed by atoms with Gasteiger partial charge in [0.05, 0.1) is 5.69 Å². The Balaban J connectivity index is 2.21. The maximum Gasteiger partial charge on any atom is 0.247 e. The fourth-order valence-corrected chi connectivity index (χ4v) is 2.16. The summed E-state index contributed by atoms with van der Waals surface area (Å²) in [4.78, 5) is 28.1. The van der Waals surface area contributed by atoms with E-state index in [-0.39, 0.29) is 5.56 Å². The van der Waals surface area contributed by atoms with Gasteiger partial charge in [0.2, 0.25) is 5.56 Å². The molecule has 0 aromatic carbocycles. The number of nitrogens with zero attached hydrogens (tertiary/aromatic N) is 1. The standard InChI is InChI=1S/C11H10N2O2S/c14-5-1-2-9-7-16-11(13-9)8-3-4-10(15)12-6-8/h3-7H,1-2H2,(H,12,15). The van der Waals surface area contributed by atoms with Crippen molar-refractivity contribution in [2.75, 3.05) is 0 Å². The molecule has 0 bridgehead atoms. The molecule has 4 nitrogen and oxygen atoms in total. The van der Waals surface area contributed by atoms with Crippen LogP contribution in [0.3, 0.4) is 0 Å². The molecule has 0 aliphatic heterocycles. The zero-order valence-electron chi connectivity index (χ0n) is 8.47. The first kappa shape index (κ1) is 10.8. The van der Waals surface area contributed by atoms with Gasteiger partial charge in [-0.2, -0.15) is 0 Å². The van der Waals surface area contributed by atoms with Crippen molar-refractivity contribution in [2.24, 2.45) is 0 Å². The lowest BCUT2D eigenvalue weighted by molar-refractivity contribution is -0.107. The second-order valence-electron chi connectivity index (χ2n) is 3.29. The van der Waals surface area contributed by atoms with Crippen LogP contribution in [0.15, 0.2) is 28.5 Å². The van der Waals surface area contributed by atoms with Crippen molar-refractivity contribution in [3.05, 3.63) is 39.8 Å². The first-order chi connectivity index (χ1) is 7.79. The van der Waals surface area contributed by atoms with Crippen molar-refractivity contribution < 1.29 is 4.79 Å². The molecule has 2 aromatic rings. The molecule has 0 aliphatic carbocycles. The molecule has 0 saturated carbocycles. The van der Waals surface area contributed by atoms with Crippen LogP contribution >= 0.6 is 11.3 Å². The average molecular weight is 234 g/mol. The van der Waals surface area contributed by atoms with E-state index >= 15 is 0 Å². The highest BCUT2D eigenvalue weighted by atomic mass is 32.1. The van der Waals surface area contributed by atoms with Gasteiger partial charge in [0.25, 0.3) is 0 Å². The minimum Gasteiger partial charge on any atom is -0.328 e. The van der Waals surface area contributed by atoms with Crippen LogP contribution in [0.2, 0.25) is 0 Å². The first-order valence-electron chi connectivity index (χ1n) is 4.87. The number of hydrogen-bond acceptors (Lipinski definition) is 4. The SMILES string of the molecule is O=CCCc1csc(-c2ccc(=O)[nH]c2)n1. The lowest BCUT2D eigenvalue weighted by Crippen LogP contribution is -2.01. The molecule has 2 rings (SSSR count). The van der Waals surface area contributed by atoms with Crippen LogP contribution < -0.4 is 5.56 Å². The monoisotopic (exact) mass is 234 g/mol. The van der Waals surface area contributed by atoms with E-state index in [0.29, 0.717) is 12.8 Å². The van der Waals surface area contributed by atoms with Gasteiger partial charge in [-0.25, -0.2) is 4.98 Å². The van der Waals surface area contributed by atoms with Gasteiger partial charge in [0.1, 0.15) is 11.3 Å². The second-order valence-corrected chi connectivity index (χ2v) is 4.15. The van der Waals surface area contributed by atoms with Crippen molar-refractivity contribution in [3.8, 4) is 10.6 Å². The molecule has 0 saturated heterocycles. The highest BCUT2D eigenvalue weighted by molar-refractivity contribution is 7.13. The van der Waals surface area contributed by atoms with Crippen molar-refractivity contribution in [3.63, 3.8) is 0 Å². The Kier molecular flexibility index (Phi) is 3.26. The number of hydrogen-bond donors (Lipinski definition) is 1. The van der Waals surface area contributed by atoms with Crippen molar-refractivity contribution >= 4 is 17.6 Å². The Morgan fingerprint density at radius 3 is 3.00 bits per heavy atom. The molecule has 0 radical (unpaired) electrons. The largest absolute Gasteiger partial charge is 0.328 e. The number of aromatic nitrogens is 2. The number of H-pyrrole nitrogens is 1. The maximum atomic E-state index is 10.9. The predicted octanol–water partition coefficient (Wildman–Crippen LogP) is 1.63. The maximum absolute atomic E-state index is 10.9. The Morgan fingerprint density at radius 2 is 2.31 bits per heavy atom. The van der Waals surface area contributed by atoms with E-state index in [0.717, 1.165) is 22.6 Å². The minimum absolute atomic E-state index is 0.124. The van der Waals surface area contributed by atoms with Crippen LogP contribution in [0.5, 0.6) is 0 Å². The Labute approximate surface area is 96.0 Å². The number of carbonyl (C=O) groups excluding carboxylic acids is 1. The number of carbonyl (C=O) groups is 1. The van der Waals surface area contributed by atoms with Crippen LogP contribution in [-0.2, 0) is 11.2 Å². The molecule has 0 atom stereocenters. The fraction of sp³-hybridized carbons (Fsp3) is 0.182. The zero-order chi connectivity index (χ0) is 11.4. The lowest BCUT2D eigenvalue weighted by Gasteiger charge is -1.93. The number of thiazole rings is 1. The van der Waals surface area contributed by atoms with Crippen LogP contribution in [0, 0.1) is 0 Å². The molecule has 0 fully saturated rings. The fourth-order valence-electron chi connectivity index (χ4n) is 1.30. The number of aldehydes is 1. The first-order valence-corrected chi connectivity index (χ1v) is 5.75. The van der Waals surface area contributed by atoms with E-state index in [1.807, 2.05) is 5.38 Å². The second kappa shape index (κ2) is 4.85. The summed E-state index contributed by atoms with van der Waals surface area (Å²) in [6.07, 6.45) is 3.70. The quantitative estimate of drug-likeness (QED) is 0.818. The van der Waals surface area contributed by atoms with Gasteiger partial charge in [-0.3, -0.25) is 4.79 Å². The third-order valence-corrected chi connectivity index (χ3v) is 3.04. The van der Waals surface area contributed by atoms with E-state index in [1.165, 1.54) is 17.4 Å². The van der Waals surface area contributed by atoms with Gasteiger partial charge in [-0.05, 0) is 12.5 Å². The molecule has 16 heavy (non-hydrogen) atoms.